The van der Waals surface area contributed by atoms with Crippen molar-refractivity contribution in [2.75, 3.05) is 28.6 Å². The number of aryl methyl sites for hydroxylation is 2. The van der Waals surface area contributed by atoms with E-state index in [-0.39, 0.29) is 0 Å². The molecule has 2 N–H and O–H groups in total. The number of aromatic nitrogens is 3. The van der Waals surface area contributed by atoms with Gasteiger partial charge < -0.3 is 15.5 Å². The van der Waals surface area contributed by atoms with Gasteiger partial charge in [-0.25, -0.2) is 0 Å². The second-order valence-electron chi connectivity index (χ2n) is 7.68. The van der Waals surface area contributed by atoms with Crippen molar-refractivity contribution in [2.24, 2.45) is 0 Å². The zero-order valence-electron chi connectivity index (χ0n) is 17.6. The molecule has 1 fully saturated rings. The first-order chi connectivity index (χ1) is 15.0. The molecular weight excluding hydrogens is 454 g/mol. The highest BCUT2D eigenvalue weighted by Crippen LogP contribution is 2.28. The topological polar surface area (TPSA) is 89.8 Å². The summed E-state index contributed by atoms with van der Waals surface area (Å²) in [4.78, 5) is 16.2. The maximum atomic E-state index is 9.02. The molecular formula is C23H24BrN7. The van der Waals surface area contributed by atoms with Crippen molar-refractivity contribution in [3.8, 4) is 6.07 Å². The van der Waals surface area contributed by atoms with Crippen LogP contribution in [0.15, 0.2) is 40.9 Å². The normalized spacial score (nSPS) is 13.5. The molecule has 0 amide bonds. The maximum Gasteiger partial charge on any atom is 0.233 e. The van der Waals surface area contributed by atoms with Gasteiger partial charge in [-0.15, -0.1) is 0 Å². The largest absolute Gasteiger partial charge is 0.341 e. The van der Waals surface area contributed by atoms with Crippen LogP contribution in [0.2, 0.25) is 0 Å². The van der Waals surface area contributed by atoms with E-state index >= 15 is 0 Å². The smallest absolute Gasteiger partial charge is 0.233 e. The van der Waals surface area contributed by atoms with Gasteiger partial charge >= 0.3 is 0 Å². The molecule has 0 radical (unpaired) electrons. The van der Waals surface area contributed by atoms with E-state index in [1.165, 1.54) is 6.42 Å². The number of nitrogens with one attached hydrogen (secondary N) is 2. The Morgan fingerprint density at radius 3 is 2.13 bits per heavy atom. The lowest BCUT2D eigenvalue weighted by molar-refractivity contribution is 0.568. The first-order valence-corrected chi connectivity index (χ1v) is 11.1. The quantitative estimate of drug-likeness (QED) is 0.493. The van der Waals surface area contributed by atoms with Gasteiger partial charge in [0.25, 0.3) is 0 Å². The van der Waals surface area contributed by atoms with Crippen LogP contribution in [0.4, 0.5) is 29.2 Å². The Balaban J connectivity index is 1.68. The lowest BCUT2D eigenvalue weighted by Crippen LogP contribution is -2.31. The van der Waals surface area contributed by atoms with Gasteiger partial charge in [-0.3, -0.25) is 0 Å². The van der Waals surface area contributed by atoms with Crippen LogP contribution in [0.3, 0.4) is 0 Å². The molecule has 1 saturated heterocycles. The van der Waals surface area contributed by atoms with E-state index < -0.39 is 0 Å². The number of piperidine rings is 1. The fraction of sp³-hybridized carbons (Fsp3) is 0.304. The summed E-state index contributed by atoms with van der Waals surface area (Å²) >= 11 is 3.55. The molecule has 2 aromatic carbocycles. The van der Waals surface area contributed by atoms with Gasteiger partial charge in [-0.2, -0.15) is 20.2 Å². The van der Waals surface area contributed by atoms with Crippen LogP contribution in [-0.4, -0.2) is 28.0 Å². The number of nitriles is 1. The standard InChI is InChI=1S/C23H24BrN7/c1-15-12-18(24)13-16(2)20(15)27-22-28-21(26-19-8-6-17(14-25)7-9-19)29-23(30-22)31-10-4-3-5-11-31/h6-9,12-13H,3-5,10-11H2,1-2H3,(H2,26,27,28,29,30). The Morgan fingerprint density at radius 2 is 1.52 bits per heavy atom. The molecule has 1 aromatic heterocycles. The van der Waals surface area contributed by atoms with Gasteiger partial charge in [0.1, 0.15) is 0 Å². The molecule has 0 aliphatic carbocycles. The van der Waals surface area contributed by atoms with Gasteiger partial charge in [0.05, 0.1) is 11.6 Å². The zero-order chi connectivity index (χ0) is 21.8. The van der Waals surface area contributed by atoms with Crippen LogP contribution in [0.25, 0.3) is 0 Å². The SMILES string of the molecule is Cc1cc(Br)cc(C)c1Nc1nc(Nc2ccc(C#N)cc2)nc(N2CCCCC2)n1. The third-order valence-corrected chi connectivity index (χ3v) is 5.72. The molecule has 0 bridgehead atoms. The number of anilines is 5. The zero-order valence-corrected chi connectivity index (χ0v) is 19.2. The second-order valence-corrected chi connectivity index (χ2v) is 8.60. The van der Waals surface area contributed by atoms with E-state index in [4.69, 9.17) is 10.2 Å². The third-order valence-electron chi connectivity index (χ3n) is 5.27. The minimum atomic E-state index is 0.468. The molecule has 0 unspecified atom stereocenters. The summed E-state index contributed by atoms with van der Waals surface area (Å²) in [5.74, 6) is 1.64. The molecule has 0 saturated carbocycles. The Morgan fingerprint density at radius 1 is 0.903 bits per heavy atom. The van der Waals surface area contributed by atoms with Gasteiger partial charge in [-0.05, 0) is 80.6 Å². The molecule has 3 aromatic rings. The first-order valence-electron chi connectivity index (χ1n) is 10.3. The van der Waals surface area contributed by atoms with E-state index in [0.717, 1.165) is 52.9 Å². The van der Waals surface area contributed by atoms with Crippen molar-refractivity contribution in [3.63, 3.8) is 0 Å². The van der Waals surface area contributed by atoms with Gasteiger partial charge in [0.2, 0.25) is 17.8 Å². The number of rotatable bonds is 5. The van der Waals surface area contributed by atoms with Crippen LogP contribution in [0.5, 0.6) is 0 Å². The van der Waals surface area contributed by atoms with Gasteiger partial charge in [-0.1, -0.05) is 15.9 Å². The highest BCUT2D eigenvalue weighted by atomic mass is 79.9. The van der Waals surface area contributed by atoms with Gasteiger partial charge in [0, 0.05) is 28.9 Å². The van der Waals surface area contributed by atoms with Crippen LogP contribution in [0.1, 0.15) is 36.0 Å². The number of hydrogen-bond acceptors (Lipinski definition) is 7. The summed E-state index contributed by atoms with van der Waals surface area (Å²) in [7, 11) is 0. The lowest BCUT2D eigenvalue weighted by atomic mass is 10.1. The second kappa shape index (κ2) is 9.31. The van der Waals surface area contributed by atoms with E-state index in [1.807, 2.05) is 12.1 Å². The van der Waals surface area contributed by atoms with Crippen LogP contribution < -0.4 is 15.5 Å². The number of benzene rings is 2. The molecule has 1 aliphatic rings. The molecule has 4 rings (SSSR count). The maximum absolute atomic E-state index is 9.02. The Hall–Kier alpha value is -3.18. The molecule has 1 aliphatic heterocycles. The summed E-state index contributed by atoms with van der Waals surface area (Å²) in [5.41, 5.74) is 4.63. The minimum Gasteiger partial charge on any atom is -0.341 e. The molecule has 31 heavy (non-hydrogen) atoms. The van der Waals surface area contributed by atoms with Crippen molar-refractivity contribution in [1.29, 1.82) is 5.26 Å². The van der Waals surface area contributed by atoms with Crippen LogP contribution in [-0.2, 0) is 0 Å². The van der Waals surface area contributed by atoms with Crippen molar-refractivity contribution < 1.29 is 0 Å². The Kier molecular flexibility index (Phi) is 6.33. The summed E-state index contributed by atoms with van der Waals surface area (Å²) in [6.45, 7) is 6.00. The monoisotopic (exact) mass is 477 g/mol. The molecule has 2 heterocycles. The molecule has 7 nitrogen and oxygen atoms in total. The highest BCUT2D eigenvalue weighted by Gasteiger charge is 2.17. The average Bonchev–Trinajstić information content (AvgIpc) is 2.77. The fourth-order valence-electron chi connectivity index (χ4n) is 3.69. The lowest BCUT2D eigenvalue weighted by Gasteiger charge is -2.27. The third kappa shape index (κ3) is 5.12. The molecule has 0 spiro atoms. The molecule has 158 valence electrons. The Labute approximate surface area is 190 Å². The van der Waals surface area contributed by atoms with Crippen molar-refractivity contribution in [3.05, 3.63) is 57.6 Å². The van der Waals surface area contributed by atoms with E-state index in [9.17, 15) is 0 Å². The van der Waals surface area contributed by atoms with E-state index in [2.05, 4.69) is 73.5 Å². The van der Waals surface area contributed by atoms with Crippen LogP contribution in [0, 0.1) is 25.2 Å². The first kappa shape index (κ1) is 21.1. The predicted octanol–water partition coefficient (Wildman–Crippen LogP) is 5.60. The average molecular weight is 478 g/mol. The number of hydrogen-bond donors (Lipinski definition) is 2. The van der Waals surface area contributed by atoms with Crippen molar-refractivity contribution in [2.45, 2.75) is 33.1 Å². The van der Waals surface area contributed by atoms with Crippen molar-refractivity contribution in [1.82, 2.24) is 15.0 Å². The summed E-state index contributed by atoms with van der Waals surface area (Å²) < 4.78 is 1.04. The van der Waals surface area contributed by atoms with E-state index in [1.54, 1.807) is 12.1 Å². The number of nitrogens with zero attached hydrogens (tertiary/aromatic N) is 5. The van der Waals surface area contributed by atoms with Crippen LogP contribution >= 0.6 is 15.9 Å². The molecule has 8 heteroatoms. The highest BCUT2D eigenvalue weighted by molar-refractivity contribution is 9.10. The summed E-state index contributed by atoms with van der Waals surface area (Å²) in [6, 6.07) is 13.5. The number of halogens is 1. The summed E-state index contributed by atoms with van der Waals surface area (Å²) in [6.07, 6.45) is 3.51. The summed E-state index contributed by atoms with van der Waals surface area (Å²) in [5, 5.41) is 15.7. The predicted molar refractivity (Wildman–Crippen MR) is 127 cm³/mol. The van der Waals surface area contributed by atoms with Crippen molar-refractivity contribution >= 4 is 45.1 Å². The van der Waals surface area contributed by atoms with E-state index in [0.29, 0.717) is 23.4 Å². The Bertz CT molecular complexity index is 1090. The molecule has 0 atom stereocenters. The fourth-order valence-corrected chi connectivity index (χ4v) is 4.38. The minimum absolute atomic E-state index is 0.468. The van der Waals surface area contributed by atoms with Gasteiger partial charge in [0.15, 0.2) is 0 Å².